The lowest BCUT2D eigenvalue weighted by molar-refractivity contribution is -0.242. The fraction of sp³-hybridized carbons (Fsp3) is 0.0625. The number of hydrogen-bond acceptors (Lipinski definition) is 8. The van der Waals surface area contributed by atoms with Gasteiger partial charge in [0.2, 0.25) is 0 Å². The molecule has 2 rings (SSSR count). The van der Waals surface area contributed by atoms with E-state index < -0.39 is 28.1 Å². The maximum Gasteiger partial charge on any atom is 0.159 e. The highest BCUT2D eigenvalue weighted by atomic mass is 35.5. The Morgan fingerprint density at radius 3 is 2.16 bits per heavy atom. The minimum absolute atomic E-state index is 0.195. The number of hydrogen-bond donors (Lipinski definition) is 3. The van der Waals surface area contributed by atoms with E-state index >= 15 is 0 Å². The van der Waals surface area contributed by atoms with Crippen molar-refractivity contribution in [2.24, 2.45) is 0 Å². The van der Waals surface area contributed by atoms with Gasteiger partial charge in [-0.05, 0) is 24.6 Å². The predicted octanol–water partition coefficient (Wildman–Crippen LogP) is 2.44. The van der Waals surface area contributed by atoms with Gasteiger partial charge in [0.05, 0.1) is 10.7 Å². The van der Waals surface area contributed by atoms with Gasteiger partial charge in [-0.15, -0.1) is 5.23 Å². The first-order valence-corrected chi connectivity index (χ1v) is 7.27. The molecule has 0 fully saturated rings. The van der Waals surface area contributed by atoms with Gasteiger partial charge in [-0.3, -0.25) is 20.4 Å². The highest BCUT2D eigenvalue weighted by molar-refractivity contribution is 6.34. The van der Waals surface area contributed by atoms with Crippen molar-refractivity contribution in [2.45, 2.75) is 6.92 Å². The molecule has 0 aliphatic carbocycles. The number of carbonyl (C=O) groups excluding carboxylic acids is 1. The molecule has 9 heteroatoms. The number of Topliss-reactive ketones (excluding diaryl/α,β-unsaturated/α-hetero) is 1. The average molecular weight is 365 g/mol. The molecule has 0 saturated carbocycles. The molecule has 8 nitrogen and oxygen atoms in total. The van der Waals surface area contributed by atoms with Gasteiger partial charge in [0.1, 0.15) is 5.69 Å². The molecule has 25 heavy (non-hydrogen) atoms. The van der Waals surface area contributed by atoms with Crippen LogP contribution in [0.2, 0.25) is 5.02 Å². The van der Waals surface area contributed by atoms with E-state index in [4.69, 9.17) is 22.0 Å². The molecule has 3 N–H and O–H groups in total. The molecule has 0 aromatic heterocycles. The summed E-state index contributed by atoms with van der Waals surface area (Å²) >= 11 is 5.90. The number of rotatable bonds is 5. The van der Waals surface area contributed by atoms with Gasteiger partial charge in [0.25, 0.3) is 0 Å². The Hall–Kier alpha value is -2.62. The van der Waals surface area contributed by atoms with Crippen LogP contribution >= 0.6 is 11.6 Å². The summed E-state index contributed by atoms with van der Waals surface area (Å²) in [6, 6.07) is 9.70. The predicted molar refractivity (Wildman–Crippen MR) is 89.1 cm³/mol. The number of carbonyl (C=O) groups is 1. The van der Waals surface area contributed by atoms with E-state index in [0.29, 0.717) is 0 Å². The standard InChI is InChI=1S/C16H14ClN2O6/c1-9(20)15(16(21)10-5-3-2-4-6-10)11-7-12(17)14(19(24)25)8-13(11)18(22)23/h2-8,21-22,24-25H,1H3/q-1/p-1. The first-order chi connectivity index (χ1) is 11.7. The van der Waals surface area contributed by atoms with Gasteiger partial charge in [-0.2, -0.15) is 0 Å². The zero-order valence-corrected chi connectivity index (χ0v) is 13.6. The normalized spacial score (nSPS) is 11.8. The highest BCUT2D eigenvalue weighted by Crippen LogP contribution is 2.38. The summed E-state index contributed by atoms with van der Waals surface area (Å²) in [5, 5.41) is 50.4. The van der Waals surface area contributed by atoms with E-state index in [-0.39, 0.29) is 26.9 Å². The summed E-state index contributed by atoms with van der Waals surface area (Å²) in [5.74, 6) is -1.34. The lowest BCUT2D eigenvalue weighted by Crippen LogP contribution is -2.17. The van der Waals surface area contributed by atoms with Crippen molar-refractivity contribution in [2.75, 3.05) is 10.5 Å². The zero-order valence-electron chi connectivity index (χ0n) is 12.9. The molecule has 0 unspecified atom stereocenters. The third-order valence-corrected chi connectivity index (χ3v) is 3.67. The largest absolute Gasteiger partial charge is 0.872 e. The summed E-state index contributed by atoms with van der Waals surface area (Å²) in [5.41, 5.74) is -1.41. The summed E-state index contributed by atoms with van der Waals surface area (Å²) in [7, 11) is 0. The second-order valence-electron chi connectivity index (χ2n) is 5.01. The number of halogens is 1. The molecule has 0 atom stereocenters. The molecule has 132 valence electrons. The molecule has 2 aromatic carbocycles. The van der Waals surface area contributed by atoms with Crippen LogP contribution in [0.3, 0.4) is 0 Å². The van der Waals surface area contributed by atoms with Crippen molar-refractivity contribution in [3.8, 4) is 0 Å². The topological polar surface area (TPSA) is 130 Å². The van der Waals surface area contributed by atoms with Crippen LogP contribution in [-0.4, -0.2) is 21.4 Å². The van der Waals surface area contributed by atoms with Crippen LogP contribution in [-0.2, 0) is 4.79 Å². The number of anilines is 2. The SMILES string of the molecule is CC(=O)C(=C([O-])c1ccccc1)c1cc(Cl)c(N(O)O)cc1N([O-])O. The van der Waals surface area contributed by atoms with Gasteiger partial charge in [-0.1, -0.05) is 47.7 Å². The Bertz CT molecular complexity index is 821. The summed E-state index contributed by atoms with van der Waals surface area (Å²) in [4.78, 5) is 12.1. The fourth-order valence-electron chi connectivity index (χ4n) is 2.27. The first-order valence-electron chi connectivity index (χ1n) is 6.89. The molecule has 0 aliphatic heterocycles. The Kier molecular flexibility index (Phi) is 5.62. The Morgan fingerprint density at radius 1 is 1.08 bits per heavy atom. The second kappa shape index (κ2) is 7.51. The minimum Gasteiger partial charge on any atom is -0.872 e. The summed E-state index contributed by atoms with van der Waals surface area (Å²) in [6.45, 7) is 1.12. The monoisotopic (exact) mass is 364 g/mol. The lowest BCUT2D eigenvalue weighted by atomic mass is 9.96. The lowest BCUT2D eigenvalue weighted by Gasteiger charge is -2.28. The molecule has 0 amide bonds. The fourth-order valence-corrected chi connectivity index (χ4v) is 2.51. The maximum absolute atomic E-state index is 12.7. The van der Waals surface area contributed by atoms with Crippen molar-refractivity contribution >= 4 is 40.1 Å². The van der Waals surface area contributed by atoms with Crippen molar-refractivity contribution in [3.63, 3.8) is 0 Å². The van der Waals surface area contributed by atoms with Crippen LogP contribution < -0.4 is 15.6 Å². The molecular formula is C16H13ClN2O6-2. The first kappa shape index (κ1) is 18.7. The smallest absolute Gasteiger partial charge is 0.159 e. The van der Waals surface area contributed by atoms with Crippen LogP contribution in [0.25, 0.3) is 11.3 Å². The van der Waals surface area contributed by atoms with Crippen molar-refractivity contribution < 1.29 is 25.5 Å². The molecular weight excluding hydrogens is 352 g/mol. The maximum atomic E-state index is 12.7. The van der Waals surface area contributed by atoms with E-state index in [2.05, 4.69) is 0 Å². The summed E-state index contributed by atoms with van der Waals surface area (Å²) in [6.07, 6.45) is 0. The minimum atomic E-state index is -0.676. The number of allylic oxidation sites excluding steroid dienone is 1. The quantitative estimate of drug-likeness (QED) is 0.319. The van der Waals surface area contributed by atoms with Crippen LogP contribution in [0, 0.1) is 5.21 Å². The van der Waals surface area contributed by atoms with Crippen LogP contribution in [0.5, 0.6) is 0 Å². The molecule has 0 saturated heterocycles. The Morgan fingerprint density at radius 2 is 1.68 bits per heavy atom. The molecule has 0 bridgehead atoms. The van der Waals surface area contributed by atoms with Gasteiger partial charge in [-0.25, -0.2) is 0 Å². The number of ketones is 1. The average Bonchev–Trinajstić information content (AvgIpc) is 2.54. The van der Waals surface area contributed by atoms with Crippen molar-refractivity contribution in [1.82, 2.24) is 0 Å². The molecule has 0 spiro atoms. The van der Waals surface area contributed by atoms with Gasteiger partial charge in [0.15, 0.2) is 5.78 Å². The highest BCUT2D eigenvalue weighted by Gasteiger charge is 2.19. The Balaban J connectivity index is 2.79. The van der Waals surface area contributed by atoms with Crippen molar-refractivity contribution in [1.29, 1.82) is 0 Å². The van der Waals surface area contributed by atoms with Gasteiger partial charge < -0.3 is 15.5 Å². The zero-order chi connectivity index (χ0) is 18.7. The van der Waals surface area contributed by atoms with E-state index in [0.717, 1.165) is 19.1 Å². The van der Waals surface area contributed by atoms with Gasteiger partial charge >= 0.3 is 0 Å². The van der Waals surface area contributed by atoms with E-state index in [1.807, 2.05) is 0 Å². The van der Waals surface area contributed by atoms with Crippen molar-refractivity contribution in [3.05, 3.63) is 63.8 Å². The van der Waals surface area contributed by atoms with Crippen LogP contribution in [0.15, 0.2) is 42.5 Å². The van der Waals surface area contributed by atoms with Crippen LogP contribution in [0.1, 0.15) is 18.1 Å². The number of benzene rings is 2. The van der Waals surface area contributed by atoms with E-state index in [1.54, 1.807) is 18.2 Å². The third kappa shape index (κ3) is 3.90. The number of nitrogens with zero attached hydrogens (tertiary/aromatic N) is 2. The molecule has 0 radical (unpaired) electrons. The van der Waals surface area contributed by atoms with Crippen LogP contribution in [0.4, 0.5) is 11.4 Å². The molecule has 0 aliphatic rings. The second-order valence-corrected chi connectivity index (χ2v) is 5.42. The van der Waals surface area contributed by atoms with E-state index in [9.17, 15) is 20.3 Å². The van der Waals surface area contributed by atoms with Gasteiger partial charge in [0, 0.05) is 11.1 Å². The molecule has 0 heterocycles. The Labute approximate surface area is 147 Å². The van der Waals surface area contributed by atoms with E-state index in [1.165, 1.54) is 12.1 Å². The molecule has 2 aromatic rings. The summed E-state index contributed by atoms with van der Waals surface area (Å²) < 4.78 is 0. The third-order valence-electron chi connectivity index (χ3n) is 3.37.